The zero-order chi connectivity index (χ0) is 17.8. The number of benzene rings is 1. The molecule has 0 radical (unpaired) electrons. The number of anilines is 2. The van der Waals surface area contributed by atoms with Crippen LogP contribution in [0, 0.1) is 0 Å². The molecule has 0 atom stereocenters. The molecule has 0 fully saturated rings. The quantitative estimate of drug-likeness (QED) is 0.655. The van der Waals surface area contributed by atoms with Crippen molar-refractivity contribution in [1.29, 1.82) is 0 Å². The summed E-state index contributed by atoms with van der Waals surface area (Å²) in [4.78, 5) is 25.4. The van der Waals surface area contributed by atoms with Gasteiger partial charge in [0.15, 0.2) is 5.76 Å². The number of amides is 2. The molecule has 2 heterocycles. The first kappa shape index (κ1) is 17.3. The van der Waals surface area contributed by atoms with E-state index in [1.54, 1.807) is 30.3 Å². The van der Waals surface area contributed by atoms with Gasteiger partial charge in [0.1, 0.15) is 0 Å². The van der Waals surface area contributed by atoms with E-state index in [2.05, 4.69) is 10.6 Å². The summed E-state index contributed by atoms with van der Waals surface area (Å²) in [6.45, 7) is 2.00. The van der Waals surface area contributed by atoms with Gasteiger partial charge in [-0.3, -0.25) is 9.59 Å². The van der Waals surface area contributed by atoms with Crippen molar-refractivity contribution in [1.82, 2.24) is 0 Å². The lowest BCUT2D eigenvalue weighted by Crippen LogP contribution is -2.16. The van der Waals surface area contributed by atoms with E-state index in [0.29, 0.717) is 21.3 Å². The maximum absolute atomic E-state index is 12.5. The number of aryl methyl sites for hydroxylation is 1. The Balaban J connectivity index is 1.84. The Hall–Kier alpha value is -2.57. The molecule has 2 amide bonds. The van der Waals surface area contributed by atoms with Crippen LogP contribution in [0.5, 0.6) is 0 Å². The molecule has 0 aliphatic rings. The highest BCUT2D eigenvalue weighted by atomic mass is 35.5. The largest absolute Gasteiger partial charge is 0.459 e. The predicted octanol–water partition coefficient (Wildman–Crippen LogP) is 5.06. The van der Waals surface area contributed by atoms with Crippen LogP contribution < -0.4 is 10.6 Å². The smallest absolute Gasteiger partial charge is 0.291 e. The molecule has 3 aromatic rings. The van der Waals surface area contributed by atoms with Crippen LogP contribution in [0.1, 0.15) is 32.7 Å². The summed E-state index contributed by atoms with van der Waals surface area (Å²) in [6.07, 6.45) is 2.19. The molecule has 0 aliphatic heterocycles. The second-order valence-electron chi connectivity index (χ2n) is 5.20. The number of carbonyl (C=O) groups is 2. The van der Waals surface area contributed by atoms with Crippen molar-refractivity contribution in [3.8, 4) is 0 Å². The van der Waals surface area contributed by atoms with Crippen LogP contribution >= 0.6 is 22.9 Å². The van der Waals surface area contributed by atoms with Crippen molar-refractivity contribution < 1.29 is 14.0 Å². The molecule has 25 heavy (non-hydrogen) atoms. The van der Waals surface area contributed by atoms with Crippen molar-refractivity contribution in [2.75, 3.05) is 10.6 Å². The number of carbonyl (C=O) groups excluding carboxylic acids is 2. The third-order valence-corrected chi connectivity index (χ3v) is 4.75. The van der Waals surface area contributed by atoms with Gasteiger partial charge in [0, 0.05) is 5.02 Å². The Morgan fingerprint density at radius 3 is 2.64 bits per heavy atom. The third kappa shape index (κ3) is 3.92. The molecule has 2 N–H and O–H groups in total. The minimum atomic E-state index is -0.423. The number of rotatable bonds is 5. The van der Waals surface area contributed by atoms with Crippen LogP contribution in [0.2, 0.25) is 5.02 Å². The Morgan fingerprint density at radius 1 is 1.12 bits per heavy atom. The normalized spacial score (nSPS) is 10.5. The van der Waals surface area contributed by atoms with Gasteiger partial charge in [-0.05, 0) is 53.8 Å². The number of thiophene rings is 1. The molecule has 2 aromatic heterocycles. The van der Waals surface area contributed by atoms with Crippen LogP contribution in [0.15, 0.2) is 52.5 Å². The minimum Gasteiger partial charge on any atom is -0.459 e. The SMILES string of the molecule is CCc1ccsc1C(=O)Nc1ccc(Cl)cc1NC(=O)c1ccco1. The maximum Gasteiger partial charge on any atom is 0.291 e. The molecule has 0 saturated heterocycles. The molecule has 0 spiro atoms. The van der Waals surface area contributed by atoms with Gasteiger partial charge < -0.3 is 15.1 Å². The van der Waals surface area contributed by atoms with Crippen LogP contribution in [0.25, 0.3) is 0 Å². The molecular weight excluding hydrogens is 360 g/mol. The summed E-state index contributed by atoms with van der Waals surface area (Å²) >= 11 is 7.41. The average Bonchev–Trinajstić information content (AvgIpc) is 3.28. The maximum atomic E-state index is 12.5. The molecular formula is C18H15ClN2O3S. The molecule has 5 nitrogen and oxygen atoms in total. The Morgan fingerprint density at radius 2 is 1.92 bits per heavy atom. The van der Waals surface area contributed by atoms with E-state index in [1.807, 2.05) is 18.4 Å². The third-order valence-electron chi connectivity index (χ3n) is 3.56. The highest BCUT2D eigenvalue weighted by Gasteiger charge is 2.16. The summed E-state index contributed by atoms with van der Waals surface area (Å²) in [5.74, 6) is -0.473. The lowest BCUT2D eigenvalue weighted by atomic mass is 10.2. The second-order valence-corrected chi connectivity index (χ2v) is 6.56. The molecule has 0 bridgehead atoms. The van der Waals surface area contributed by atoms with Crippen molar-refractivity contribution in [3.05, 3.63) is 69.3 Å². The summed E-state index contributed by atoms with van der Waals surface area (Å²) in [5, 5.41) is 7.86. The van der Waals surface area contributed by atoms with E-state index in [9.17, 15) is 9.59 Å². The van der Waals surface area contributed by atoms with E-state index >= 15 is 0 Å². The number of halogens is 1. The van der Waals surface area contributed by atoms with Crippen LogP contribution in [0.4, 0.5) is 11.4 Å². The fourth-order valence-corrected chi connectivity index (χ4v) is 3.38. The van der Waals surface area contributed by atoms with Crippen molar-refractivity contribution in [3.63, 3.8) is 0 Å². The first-order valence-corrected chi connectivity index (χ1v) is 8.86. The molecule has 0 aliphatic carbocycles. The average molecular weight is 375 g/mol. The molecule has 7 heteroatoms. The molecule has 128 valence electrons. The number of hydrogen-bond donors (Lipinski definition) is 2. The first-order chi connectivity index (χ1) is 12.1. The van der Waals surface area contributed by atoms with Gasteiger partial charge in [-0.2, -0.15) is 0 Å². The summed E-state index contributed by atoms with van der Waals surface area (Å²) < 4.78 is 5.08. The van der Waals surface area contributed by atoms with E-state index in [4.69, 9.17) is 16.0 Å². The summed E-state index contributed by atoms with van der Waals surface area (Å²) in [6, 6.07) is 9.98. The van der Waals surface area contributed by atoms with Gasteiger partial charge in [-0.25, -0.2) is 0 Å². The van der Waals surface area contributed by atoms with Crippen molar-refractivity contribution in [2.24, 2.45) is 0 Å². The lowest BCUT2D eigenvalue weighted by Gasteiger charge is -2.12. The van der Waals surface area contributed by atoms with Crippen LogP contribution in [-0.2, 0) is 6.42 Å². The van der Waals surface area contributed by atoms with E-state index in [-0.39, 0.29) is 11.7 Å². The van der Waals surface area contributed by atoms with Crippen LogP contribution in [-0.4, -0.2) is 11.8 Å². The highest BCUT2D eigenvalue weighted by molar-refractivity contribution is 7.12. The standard InChI is InChI=1S/C18H15ClN2O3S/c1-2-11-7-9-25-16(11)18(23)20-13-6-5-12(19)10-14(13)21-17(22)15-4-3-8-24-15/h3-10H,2H2,1H3,(H,20,23)(H,21,22). The van der Waals surface area contributed by atoms with Gasteiger partial charge in [-0.1, -0.05) is 18.5 Å². The lowest BCUT2D eigenvalue weighted by molar-refractivity contribution is 0.0993. The Bertz CT molecular complexity index is 903. The van der Waals surface area contributed by atoms with Gasteiger partial charge in [0.25, 0.3) is 11.8 Å². The molecule has 0 unspecified atom stereocenters. The topological polar surface area (TPSA) is 71.3 Å². The minimum absolute atomic E-state index is 0.170. The fourth-order valence-electron chi connectivity index (χ4n) is 2.31. The zero-order valence-electron chi connectivity index (χ0n) is 13.3. The molecule has 1 aromatic carbocycles. The van der Waals surface area contributed by atoms with Crippen molar-refractivity contribution in [2.45, 2.75) is 13.3 Å². The highest BCUT2D eigenvalue weighted by Crippen LogP contribution is 2.28. The Labute approximate surface area is 153 Å². The fraction of sp³-hybridized carbons (Fsp3) is 0.111. The first-order valence-electron chi connectivity index (χ1n) is 7.60. The van der Waals surface area contributed by atoms with E-state index in [1.165, 1.54) is 17.6 Å². The van der Waals surface area contributed by atoms with Gasteiger partial charge in [-0.15, -0.1) is 11.3 Å². The number of furan rings is 1. The van der Waals surface area contributed by atoms with Crippen LogP contribution in [0.3, 0.4) is 0 Å². The molecule has 3 rings (SSSR count). The summed E-state index contributed by atoms with van der Waals surface area (Å²) in [5.41, 5.74) is 1.85. The monoisotopic (exact) mass is 374 g/mol. The Kier molecular flexibility index (Phi) is 5.21. The van der Waals surface area contributed by atoms with E-state index in [0.717, 1.165) is 12.0 Å². The van der Waals surface area contributed by atoms with Gasteiger partial charge in [0.2, 0.25) is 0 Å². The van der Waals surface area contributed by atoms with Gasteiger partial charge in [0.05, 0.1) is 22.5 Å². The molecule has 0 saturated carbocycles. The number of hydrogen-bond acceptors (Lipinski definition) is 4. The zero-order valence-corrected chi connectivity index (χ0v) is 14.9. The second kappa shape index (κ2) is 7.55. The van der Waals surface area contributed by atoms with Gasteiger partial charge >= 0.3 is 0 Å². The predicted molar refractivity (Wildman–Crippen MR) is 99.8 cm³/mol. The van der Waals surface area contributed by atoms with E-state index < -0.39 is 5.91 Å². The number of nitrogens with one attached hydrogen (secondary N) is 2. The van der Waals surface area contributed by atoms with Crippen molar-refractivity contribution >= 4 is 46.1 Å². The summed E-state index contributed by atoms with van der Waals surface area (Å²) in [7, 11) is 0.